The zero-order valence-electron chi connectivity index (χ0n) is 8.73. The second kappa shape index (κ2) is 3.70. The van der Waals surface area contributed by atoms with Crippen LogP contribution in [0.5, 0.6) is 0 Å². The minimum Gasteiger partial charge on any atom is -0.310 e. The summed E-state index contributed by atoms with van der Waals surface area (Å²) in [7, 11) is 0. The van der Waals surface area contributed by atoms with Crippen molar-refractivity contribution in [2.75, 3.05) is 6.54 Å². The molecule has 1 heterocycles. The van der Waals surface area contributed by atoms with Gasteiger partial charge in [-0.25, -0.2) is 4.39 Å². The van der Waals surface area contributed by atoms with E-state index in [9.17, 15) is 4.39 Å². The van der Waals surface area contributed by atoms with Crippen LogP contribution in [-0.2, 0) is 0 Å². The Labute approximate surface area is 84.3 Å². The van der Waals surface area contributed by atoms with Gasteiger partial charge in [0.1, 0.15) is 5.82 Å². The summed E-state index contributed by atoms with van der Waals surface area (Å²) in [5, 5.41) is 3.42. The number of aryl methyl sites for hydroxylation is 1. The van der Waals surface area contributed by atoms with Gasteiger partial charge in [0.05, 0.1) is 0 Å². The molecule has 1 aromatic rings. The minimum atomic E-state index is -0.0840. The summed E-state index contributed by atoms with van der Waals surface area (Å²) >= 11 is 0. The average Bonchev–Trinajstić information content (AvgIpc) is 2.65. The van der Waals surface area contributed by atoms with Crippen LogP contribution in [0.3, 0.4) is 0 Å². The Balaban J connectivity index is 2.44. The van der Waals surface area contributed by atoms with Crippen LogP contribution in [-0.4, -0.2) is 6.54 Å². The average molecular weight is 193 g/mol. The third kappa shape index (κ3) is 1.55. The normalized spacial score (nSPS) is 21.5. The highest BCUT2D eigenvalue weighted by Gasteiger charge is 2.20. The molecule has 0 aliphatic carbocycles. The lowest BCUT2D eigenvalue weighted by molar-refractivity contribution is 0.592. The molecule has 1 atom stereocenters. The SMILES string of the molecule is Cc1ccc(F)c(C)c1C1CCCN1. The molecule has 0 amide bonds. The maximum Gasteiger partial charge on any atom is 0.126 e. The smallest absolute Gasteiger partial charge is 0.126 e. The number of hydrogen-bond donors (Lipinski definition) is 1. The van der Waals surface area contributed by atoms with Crippen LogP contribution >= 0.6 is 0 Å². The molecule has 1 saturated heterocycles. The molecule has 1 aliphatic rings. The van der Waals surface area contributed by atoms with E-state index in [1.807, 2.05) is 13.0 Å². The van der Waals surface area contributed by atoms with E-state index in [1.165, 1.54) is 17.5 Å². The lowest BCUT2D eigenvalue weighted by Crippen LogP contribution is -2.15. The molecule has 2 rings (SSSR count). The number of nitrogens with one attached hydrogen (secondary N) is 1. The first-order valence-corrected chi connectivity index (χ1v) is 5.19. The highest BCUT2D eigenvalue weighted by molar-refractivity contribution is 5.37. The van der Waals surface area contributed by atoms with Gasteiger partial charge in [0.25, 0.3) is 0 Å². The van der Waals surface area contributed by atoms with E-state index < -0.39 is 0 Å². The van der Waals surface area contributed by atoms with Gasteiger partial charge in [0.2, 0.25) is 0 Å². The quantitative estimate of drug-likeness (QED) is 0.723. The zero-order valence-corrected chi connectivity index (χ0v) is 8.73. The van der Waals surface area contributed by atoms with Gasteiger partial charge in [0, 0.05) is 6.04 Å². The number of hydrogen-bond acceptors (Lipinski definition) is 1. The molecule has 1 fully saturated rings. The van der Waals surface area contributed by atoms with Crippen molar-refractivity contribution in [3.63, 3.8) is 0 Å². The second-order valence-electron chi connectivity index (χ2n) is 4.05. The summed E-state index contributed by atoms with van der Waals surface area (Å²) in [6.07, 6.45) is 2.32. The van der Waals surface area contributed by atoms with Gasteiger partial charge in [-0.15, -0.1) is 0 Å². The maximum atomic E-state index is 13.4. The highest BCUT2D eigenvalue weighted by Crippen LogP contribution is 2.29. The predicted molar refractivity (Wildman–Crippen MR) is 55.9 cm³/mol. The van der Waals surface area contributed by atoms with Crippen LogP contribution in [0, 0.1) is 19.7 Å². The lowest BCUT2D eigenvalue weighted by atomic mass is 9.95. The van der Waals surface area contributed by atoms with E-state index >= 15 is 0 Å². The van der Waals surface area contributed by atoms with Crippen molar-refractivity contribution in [1.82, 2.24) is 5.32 Å². The Morgan fingerprint density at radius 3 is 2.79 bits per heavy atom. The van der Waals surface area contributed by atoms with Gasteiger partial charge in [-0.05, 0) is 56.0 Å². The monoisotopic (exact) mass is 193 g/mol. The molecule has 0 aromatic heterocycles. The van der Waals surface area contributed by atoms with Crippen molar-refractivity contribution >= 4 is 0 Å². The molecule has 1 nitrogen and oxygen atoms in total. The Bertz CT molecular complexity index is 340. The summed E-state index contributed by atoms with van der Waals surface area (Å²) < 4.78 is 13.4. The highest BCUT2D eigenvalue weighted by atomic mass is 19.1. The Kier molecular flexibility index (Phi) is 2.55. The van der Waals surface area contributed by atoms with Crippen LogP contribution in [0.25, 0.3) is 0 Å². The van der Waals surface area contributed by atoms with E-state index in [0.29, 0.717) is 6.04 Å². The minimum absolute atomic E-state index is 0.0840. The summed E-state index contributed by atoms with van der Waals surface area (Å²) in [6, 6.07) is 3.80. The molecule has 76 valence electrons. The van der Waals surface area contributed by atoms with Crippen LogP contribution in [0.4, 0.5) is 4.39 Å². The first-order valence-electron chi connectivity index (χ1n) is 5.19. The summed E-state index contributed by atoms with van der Waals surface area (Å²) in [5.41, 5.74) is 3.18. The van der Waals surface area contributed by atoms with E-state index in [4.69, 9.17) is 0 Å². The molecular formula is C12H16FN. The zero-order chi connectivity index (χ0) is 10.1. The van der Waals surface area contributed by atoms with E-state index in [0.717, 1.165) is 18.5 Å². The van der Waals surface area contributed by atoms with Crippen LogP contribution in [0.15, 0.2) is 12.1 Å². The maximum absolute atomic E-state index is 13.4. The summed E-state index contributed by atoms with van der Waals surface area (Å²) in [6.45, 7) is 4.99. The molecule has 1 aromatic carbocycles. The Morgan fingerprint density at radius 2 is 2.14 bits per heavy atom. The lowest BCUT2D eigenvalue weighted by Gasteiger charge is -2.17. The Morgan fingerprint density at radius 1 is 1.36 bits per heavy atom. The molecule has 0 radical (unpaired) electrons. The van der Waals surface area contributed by atoms with E-state index in [1.54, 1.807) is 6.07 Å². The van der Waals surface area contributed by atoms with Crippen molar-refractivity contribution in [3.8, 4) is 0 Å². The number of rotatable bonds is 1. The van der Waals surface area contributed by atoms with Gasteiger partial charge < -0.3 is 5.32 Å². The molecule has 2 heteroatoms. The molecule has 14 heavy (non-hydrogen) atoms. The van der Waals surface area contributed by atoms with Crippen LogP contribution < -0.4 is 5.32 Å². The van der Waals surface area contributed by atoms with Gasteiger partial charge in [0.15, 0.2) is 0 Å². The summed E-state index contributed by atoms with van der Waals surface area (Å²) in [4.78, 5) is 0. The fourth-order valence-electron chi connectivity index (χ4n) is 2.30. The fraction of sp³-hybridized carbons (Fsp3) is 0.500. The van der Waals surface area contributed by atoms with Gasteiger partial charge in [-0.3, -0.25) is 0 Å². The molecular weight excluding hydrogens is 177 g/mol. The van der Waals surface area contributed by atoms with Gasteiger partial charge >= 0.3 is 0 Å². The molecule has 1 N–H and O–H groups in total. The molecule has 0 spiro atoms. The van der Waals surface area contributed by atoms with Crippen molar-refractivity contribution in [2.24, 2.45) is 0 Å². The largest absolute Gasteiger partial charge is 0.310 e. The number of benzene rings is 1. The van der Waals surface area contributed by atoms with E-state index in [2.05, 4.69) is 12.2 Å². The predicted octanol–water partition coefficient (Wildman–Crippen LogP) is 2.87. The van der Waals surface area contributed by atoms with Crippen molar-refractivity contribution in [1.29, 1.82) is 0 Å². The first kappa shape index (κ1) is 9.66. The van der Waals surface area contributed by atoms with Gasteiger partial charge in [-0.2, -0.15) is 0 Å². The van der Waals surface area contributed by atoms with Crippen molar-refractivity contribution < 1.29 is 4.39 Å². The molecule has 0 saturated carbocycles. The van der Waals surface area contributed by atoms with E-state index in [-0.39, 0.29) is 5.82 Å². The molecule has 1 aliphatic heterocycles. The van der Waals surface area contributed by atoms with Gasteiger partial charge in [-0.1, -0.05) is 6.07 Å². The summed E-state index contributed by atoms with van der Waals surface area (Å²) in [5.74, 6) is -0.0840. The van der Waals surface area contributed by atoms with Crippen LogP contribution in [0.1, 0.15) is 35.6 Å². The standard InChI is InChI=1S/C12H16FN/c1-8-5-6-10(13)9(2)12(8)11-4-3-7-14-11/h5-6,11,14H,3-4,7H2,1-2H3. The third-order valence-corrected chi connectivity index (χ3v) is 3.08. The first-order chi connectivity index (χ1) is 6.70. The second-order valence-corrected chi connectivity index (χ2v) is 4.05. The topological polar surface area (TPSA) is 12.0 Å². The molecule has 0 bridgehead atoms. The number of halogens is 1. The fourth-order valence-corrected chi connectivity index (χ4v) is 2.30. The Hall–Kier alpha value is -0.890. The molecule has 1 unspecified atom stereocenters. The van der Waals surface area contributed by atoms with Crippen LogP contribution in [0.2, 0.25) is 0 Å². The van der Waals surface area contributed by atoms with Crippen molar-refractivity contribution in [3.05, 3.63) is 34.6 Å². The van der Waals surface area contributed by atoms with Crippen molar-refractivity contribution in [2.45, 2.75) is 32.7 Å². The third-order valence-electron chi connectivity index (χ3n) is 3.08.